The molecule has 1 saturated carbocycles. The van der Waals surface area contributed by atoms with Gasteiger partial charge < -0.3 is 10.6 Å². The molecular weight excluding hydrogens is 231 g/mol. The molecule has 1 aliphatic carbocycles. The van der Waals surface area contributed by atoms with Gasteiger partial charge in [-0.25, -0.2) is 4.39 Å². The molecule has 18 heavy (non-hydrogen) atoms. The van der Waals surface area contributed by atoms with Crippen LogP contribution in [0, 0.1) is 11.7 Å². The van der Waals surface area contributed by atoms with Crippen LogP contribution in [-0.4, -0.2) is 25.5 Å². The standard InChI is InChI=1S/C14H19FN2O/c1-9(16-2)8-17-14(18)13-7-12(13)10-3-5-11(15)6-4-10/h3-6,9,12-13,16H,7-8H2,1-2H3,(H,17,18). The van der Waals surface area contributed by atoms with Crippen LogP contribution >= 0.6 is 0 Å². The molecule has 1 aromatic carbocycles. The highest BCUT2D eigenvalue weighted by Gasteiger charge is 2.43. The Bertz CT molecular complexity index is 418. The Morgan fingerprint density at radius 1 is 1.44 bits per heavy atom. The largest absolute Gasteiger partial charge is 0.354 e. The van der Waals surface area contributed by atoms with E-state index in [0.29, 0.717) is 6.54 Å². The van der Waals surface area contributed by atoms with Crippen LogP contribution in [0.1, 0.15) is 24.8 Å². The van der Waals surface area contributed by atoms with Gasteiger partial charge in [0.05, 0.1) is 0 Å². The van der Waals surface area contributed by atoms with E-state index >= 15 is 0 Å². The van der Waals surface area contributed by atoms with Crippen LogP contribution in [0.4, 0.5) is 4.39 Å². The Balaban J connectivity index is 1.83. The summed E-state index contributed by atoms with van der Waals surface area (Å²) in [6.07, 6.45) is 0.866. The number of amides is 1. The Morgan fingerprint density at radius 2 is 2.11 bits per heavy atom. The lowest BCUT2D eigenvalue weighted by atomic mass is 10.1. The number of nitrogens with one attached hydrogen (secondary N) is 2. The molecule has 3 nitrogen and oxygen atoms in total. The minimum absolute atomic E-state index is 0.0551. The minimum atomic E-state index is -0.233. The number of halogens is 1. The fraction of sp³-hybridized carbons (Fsp3) is 0.500. The van der Waals surface area contributed by atoms with Crippen molar-refractivity contribution in [3.63, 3.8) is 0 Å². The van der Waals surface area contributed by atoms with E-state index in [0.717, 1.165) is 12.0 Å². The Hall–Kier alpha value is -1.42. The van der Waals surface area contributed by atoms with Gasteiger partial charge in [-0.05, 0) is 44.0 Å². The van der Waals surface area contributed by atoms with Gasteiger partial charge in [-0.3, -0.25) is 4.79 Å². The first-order chi connectivity index (χ1) is 8.61. The van der Waals surface area contributed by atoms with Crippen molar-refractivity contribution in [2.24, 2.45) is 5.92 Å². The molecule has 1 aromatic rings. The Kier molecular flexibility index (Phi) is 3.97. The molecule has 2 rings (SSSR count). The van der Waals surface area contributed by atoms with Gasteiger partial charge in [-0.15, -0.1) is 0 Å². The Labute approximate surface area is 107 Å². The lowest BCUT2D eigenvalue weighted by Gasteiger charge is -2.11. The van der Waals surface area contributed by atoms with Gasteiger partial charge >= 0.3 is 0 Å². The zero-order valence-corrected chi connectivity index (χ0v) is 10.7. The summed E-state index contributed by atoms with van der Waals surface area (Å²) in [6.45, 7) is 2.66. The van der Waals surface area contributed by atoms with Crippen LogP contribution in [-0.2, 0) is 4.79 Å². The van der Waals surface area contributed by atoms with Gasteiger partial charge in [0.1, 0.15) is 5.82 Å². The van der Waals surface area contributed by atoms with E-state index in [9.17, 15) is 9.18 Å². The maximum absolute atomic E-state index is 12.8. The lowest BCUT2D eigenvalue weighted by Crippen LogP contribution is -2.37. The summed E-state index contributed by atoms with van der Waals surface area (Å²) in [7, 11) is 1.87. The van der Waals surface area contributed by atoms with Gasteiger partial charge in [0.25, 0.3) is 0 Å². The first kappa shape index (κ1) is 13.0. The summed E-state index contributed by atoms with van der Waals surface area (Å²) in [6, 6.07) is 6.71. The predicted octanol–water partition coefficient (Wildman–Crippen LogP) is 1.65. The number of benzene rings is 1. The van der Waals surface area contributed by atoms with Crippen LogP contribution in [0.5, 0.6) is 0 Å². The molecule has 1 amide bonds. The van der Waals surface area contributed by atoms with E-state index in [4.69, 9.17) is 0 Å². The molecule has 0 saturated heterocycles. The third-order valence-corrected chi connectivity index (χ3v) is 3.50. The normalized spacial score (nSPS) is 23.5. The SMILES string of the molecule is CNC(C)CNC(=O)C1CC1c1ccc(F)cc1. The van der Waals surface area contributed by atoms with Crippen molar-refractivity contribution < 1.29 is 9.18 Å². The summed E-state index contributed by atoms with van der Waals surface area (Å²) in [5.74, 6) is 0.185. The lowest BCUT2D eigenvalue weighted by molar-refractivity contribution is -0.122. The predicted molar refractivity (Wildman–Crippen MR) is 68.8 cm³/mol. The molecule has 0 spiro atoms. The molecule has 0 bridgehead atoms. The van der Waals surface area contributed by atoms with Crippen molar-refractivity contribution in [3.8, 4) is 0 Å². The van der Waals surface area contributed by atoms with E-state index in [1.165, 1.54) is 12.1 Å². The molecule has 0 radical (unpaired) electrons. The first-order valence-electron chi connectivity index (χ1n) is 6.32. The smallest absolute Gasteiger partial charge is 0.223 e. The fourth-order valence-corrected chi connectivity index (χ4v) is 2.05. The number of hydrogen-bond donors (Lipinski definition) is 2. The van der Waals surface area contributed by atoms with E-state index in [2.05, 4.69) is 10.6 Å². The third-order valence-electron chi connectivity index (χ3n) is 3.50. The number of carbonyl (C=O) groups excluding carboxylic acids is 1. The molecule has 3 atom stereocenters. The van der Waals surface area contributed by atoms with Gasteiger partial charge in [0.2, 0.25) is 5.91 Å². The fourth-order valence-electron chi connectivity index (χ4n) is 2.05. The summed E-state index contributed by atoms with van der Waals surface area (Å²) in [4.78, 5) is 11.9. The van der Waals surface area contributed by atoms with Crippen LogP contribution < -0.4 is 10.6 Å². The average molecular weight is 250 g/mol. The third kappa shape index (κ3) is 3.07. The highest BCUT2D eigenvalue weighted by atomic mass is 19.1. The molecule has 4 heteroatoms. The topological polar surface area (TPSA) is 41.1 Å². The summed E-state index contributed by atoms with van der Waals surface area (Å²) in [5.41, 5.74) is 1.05. The zero-order chi connectivity index (χ0) is 13.1. The Morgan fingerprint density at radius 3 is 2.72 bits per heavy atom. The van der Waals surface area contributed by atoms with Crippen molar-refractivity contribution in [1.29, 1.82) is 0 Å². The van der Waals surface area contributed by atoms with E-state index in [-0.39, 0.29) is 29.6 Å². The van der Waals surface area contributed by atoms with Crippen LogP contribution in [0.2, 0.25) is 0 Å². The number of rotatable bonds is 5. The molecule has 3 unspecified atom stereocenters. The van der Waals surface area contributed by atoms with Gasteiger partial charge in [-0.2, -0.15) is 0 Å². The monoisotopic (exact) mass is 250 g/mol. The van der Waals surface area contributed by atoms with E-state index in [1.807, 2.05) is 14.0 Å². The summed E-state index contributed by atoms with van der Waals surface area (Å²) >= 11 is 0. The van der Waals surface area contributed by atoms with Crippen molar-refractivity contribution >= 4 is 5.91 Å². The van der Waals surface area contributed by atoms with Gasteiger partial charge in [0, 0.05) is 18.5 Å². The first-order valence-corrected chi connectivity index (χ1v) is 6.32. The minimum Gasteiger partial charge on any atom is -0.354 e. The molecule has 1 fully saturated rings. The maximum atomic E-state index is 12.8. The quantitative estimate of drug-likeness (QED) is 0.834. The molecule has 2 N–H and O–H groups in total. The molecule has 0 heterocycles. The summed E-state index contributed by atoms with van der Waals surface area (Å²) < 4.78 is 12.8. The second-order valence-corrected chi connectivity index (χ2v) is 4.94. The van der Waals surface area contributed by atoms with E-state index in [1.54, 1.807) is 12.1 Å². The van der Waals surface area contributed by atoms with Crippen molar-refractivity contribution in [2.75, 3.05) is 13.6 Å². The molecule has 98 valence electrons. The maximum Gasteiger partial charge on any atom is 0.223 e. The van der Waals surface area contributed by atoms with Crippen LogP contribution in [0.15, 0.2) is 24.3 Å². The number of likely N-dealkylation sites (N-methyl/N-ethyl adjacent to an activating group) is 1. The van der Waals surface area contributed by atoms with E-state index < -0.39 is 0 Å². The van der Waals surface area contributed by atoms with Crippen molar-refractivity contribution in [2.45, 2.75) is 25.3 Å². The second-order valence-electron chi connectivity index (χ2n) is 4.94. The van der Waals surface area contributed by atoms with Gasteiger partial charge in [-0.1, -0.05) is 12.1 Å². The number of hydrogen-bond acceptors (Lipinski definition) is 2. The average Bonchev–Trinajstić information content (AvgIpc) is 3.16. The molecule has 0 aliphatic heterocycles. The van der Waals surface area contributed by atoms with Crippen molar-refractivity contribution in [3.05, 3.63) is 35.6 Å². The van der Waals surface area contributed by atoms with Crippen LogP contribution in [0.3, 0.4) is 0 Å². The van der Waals surface area contributed by atoms with Crippen LogP contribution in [0.25, 0.3) is 0 Å². The number of carbonyl (C=O) groups is 1. The molecule has 0 aromatic heterocycles. The zero-order valence-electron chi connectivity index (χ0n) is 10.7. The summed E-state index contributed by atoms with van der Waals surface area (Å²) in [5, 5.41) is 6.00. The molecule has 1 aliphatic rings. The highest BCUT2D eigenvalue weighted by Crippen LogP contribution is 2.47. The van der Waals surface area contributed by atoms with Crippen molar-refractivity contribution in [1.82, 2.24) is 10.6 Å². The molecular formula is C14H19FN2O. The highest BCUT2D eigenvalue weighted by molar-refractivity contribution is 5.82. The second kappa shape index (κ2) is 5.48. The van der Waals surface area contributed by atoms with Gasteiger partial charge in [0.15, 0.2) is 0 Å².